The van der Waals surface area contributed by atoms with Crippen LogP contribution in [0.2, 0.25) is 0 Å². The number of nitrogens with zero attached hydrogens (tertiary/aromatic N) is 2. The molecule has 0 aromatic heterocycles. The molecule has 0 unspecified atom stereocenters. The van der Waals surface area contributed by atoms with Crippen molar-refractivity contribution in [3.05, 3.63) is 59.2 Å². The standard InChI is InChI=1S/C17H19F2N3O2S/c1-12-6-7-16-13(10-12)11-21(9-3-8-20)25(23,24)22(16)17-14(18)4-2-5-15(17)19/h2,4-7,10H,3,8-9,11,20H2,1H3. The number of nitrogens with two attached hydrogens (primary N) is 1. The van der Waals surface area contributed by atoms with Crippen LogP contribution in [0.1, 0.15) is 17.5 Å². The van der Waals surface area contributed by atoms with Crippen molar-refractivity contribution in [1.82, 2.24) is 4.31 Å². The monoisotopic (exact) mass is 367 g/mol. The summed E-state index contributed by atoms with van der Waals surface area (Å²) in [5.41, 5.74) is 6.79. The van der Waals surface area contributed by atoms with E-state index >= 15 is 0 Å². The number of fused-ring (bicyclic) bond motifs is 1. The average molecular weight is 367 g/mol. The fraction of sp³-hybridized carbons (Fsp3) is 0.294. The lowest BCUT2D eigenvalue weighted by molar-refractivity contribution is 0.395. The van der Waals surface area contributed by atoms with Gasteiger partial charge in [-0.25, -0.2) is 13.1 Å². The molecule has 2 aromatic carbocycles. The van der Waals surface area contributed by atoms with Gasteiger partial charge in [0.1, 0.15) is 5.69 Å². The summed E-state index contributed by atoms with van der Waals surface area (Å²) in [7, 11) is -4.13. The van der Waals surface area contributed by atoms with Crippen molar-refractivity contribution in [2.24, 2.45) is 5.73 Å². The molecule has 0 saturated carbocycles. The van der Waals surface area contributed by atoms with Gasteiger partial charge in [0.15, 0.2) is 11.6 Å². The lowest BCUT2D eigenvalue weighted by Gasteiger charge is -2.37. The summed E-state index contributed by atoms with van der Waals surface area (Å²) in [5, 5.41) is 0. The molecule has 134 valence electrons. The number of aryl methyl sites for hydroxylation is 1. The van der Waals surface area contributed by atoms with E-state index in [1.54, 1.807) is 12.1 Å². The second-order valence-corrected chi connectivity index (χ2v) is 7.73. The third kappa shape index (κ3) is 3.12. The summed E-state index contributed by atoms with van der Waals surface area (Å²) >= 11 is 0. The molecular weight excluding hydrogens is 348 g/mol. The van der Waals surface area contributed by atoms with E-state index in [1.807, 2.05) is 13.0 Å². The van der Waals surface area contributed by atoms with Gasteiger partial charge < -0.3 is 5.73 Å². The van der Waals surface area contributed by atoms with Crippen molar-refractivity contribution in [1.29, 1.82) is 0 Å². The Balaban J connectivity index is 2.23. The largest absolute Gasteiger partial charge is 0.330 e. The van der Waals surface area contributed by atoms with E-state index in [9.17, 15) is 17.2 Å². The summed E-state index contributed by atoms with van der Waals surface area (Å²) in [6.07, 6.45) is 0.452. The molecule has 0 fully saturated rings. The van der Waals surface area contributed by atoms with E-state index in [1.165, 1.54) is 10.4 Å². The van der Waals surface area contributed by atoms with Crippen LogP contribution in [0.4, 0.5) is 20.2 Å². The molecule has 2 aromatic rings. The molecule has 25 heavy (non-hydrogen) atoms. The quantitative estimate of drug-likeness (QED) is 0.904. The first-order valence-corrected chi connectivity index (χ1v) is 9.30. The van der Waals surface area contributed by atoms with E-state index in [-0.39, 0.29) is 18.8 Å². The molecule has 0 aliphatic carbocycles. The Bertz CT molecular complexity index is 883. The Labute approximate surface area is 145 Å². The number of benzene rings is 2. The van der Waals surface area contributed by atoms with Gasteiger partial charge in [0.05, 0.1) is 5.69 Å². The molecule has 3 rings (SSSR count). The molecule has 0 saturated heterocycles. The van der Waals surface area contributed by atoms with Crippen LogP contribution in [-0.2, 0) is 16.8 Å². The maximum atomic E-state index is 14.3. The summed E-state index contributed by atoms with van der Waals surface area (Å²) < 4.78 is 56.7. The molecule has 0 atom stereocenters. The normalized spacial score (nSPS) is 16.7. The molecule has 0 spiro atoms. The van der Waals surface area contributed by atoms with Gasteiger partial charge in [0.2, 0.25) is 0 Å². The van der Waals surface area contributed by atoms with Gasteiger partial charge in [-0.1, -0.05) is 23.8 Å². The Kier molecular flexibility index (Phi) is 4.77. The maximum Gasteiger partial charge on any atom is 0.309 e. The average Bonchev–Trinajstić information content (AvgIpc) is 2.55. The van der Waals surface area contributed by atoms with Crippen molar-refractivity contribution in [2.75, 3.05) is 17.4 Å². The summed E-state index contributed by atoms with van der Waals surface area (Å²) in [6, 6.07) is 8.41. The number of hydrogen-bond acceptors (Lipinski definition) is 3. The van der Waals surface area contributed by atoms with Gasteiger partial charge in [-0.05, 0) is 43.7 Å². The lowest BCUT2D eigenvalue weighted by atomic mass is 10.1. The predicted octanol–water partition coefficient (Wildman–Crippen LogP) is 2.82. The second-order valence-electron chi connectivity index (χ2n) is 5.95. The number of anilines is 2. The Morgan fingerprint density at radius 1 is 1.16 bits per heavy atom. The van der Waals surface area contributed by atoms with Crippen molar-refractivity contribution < 1.29 is 17.2 Å². The zero-order valence-electron chi connectivity index (χ0n) is 13.7. The van der Waals surface area contributed by atoms with Crippen LogP contribution >= 0.6 is 0 Å². The van der Waals surface area contributed by atoms with Gasteiger partial charge in [-0.3, -0.25) is 0 Å². The van der Waals surface area contributed by atoms with E-state index in [0.717, 1.165) is 22.0 Å². The van der Waals surface area contributed by atoms with Gasteiger partial charge in [0.25, 0.3) is 0 Å². The summed E-state index contributed by atoms with van der Waals surface area (Å²) in [4.78, 5) is 0. The molecule has 0 radical (unpaired) electrons. The van der Waals surface area contributed by atoms with Crippen molar-refractivity contribution in [3.63, 3.8) is 0 Å². The molecule has 1 aliphatic rings. The first-order valence-electron chi connectivity index (χ1n) is 7.90. The SMILES string of the molecule is Cc1ccc2c(c1)CN(CCCN)S(=O)(=O)N2c1c(F)cccc1F. The molecule has 2 N–H and O–H groups in total. The van der Waals surface area contributed by atoms with Crippen LogP contribution in [-0.4, -0.2) is 25.8 Å². The first kappa shape index (κ1) is 17.8. The van der Waals surface area contributed by atoms with E-state index in [2.05, 4.69) is 0 Å². The van der Waals surface area contributed by atoms with E-state index < -0.39 is 27.5 Å². The highest BCUT2D eigenvalue weighted by Crippen LogP contribution is 2.40. The molecule has 8 heteroatoms. The first-order chi connectivity index (χ1) is 11.9. The summed E-state index contributed by atoms with van der Waals surface area (Å²) in [5.74, 6) is -1.87. The van der Waals surface area contributed by atoms with Gasteiger partial charge in [-0.2, -0.15) is 12.7 Å². The zero-order chi connectivity index (χ0) is 18.2. The maximum absolute atomic E-state index is 14.3. The van der Waals surface area contributed by atoms with Gasteiger partial charge in [-0.15, -0.1) is 0 Å². The molecule has 1 aliphatic heterocycles. The molecule has 0 amide bonds. The Morgan fingerprint density at radius 3 is 2.48 bits per heavy atom. The highest BCUT2D eigenvalue weighted by Gasteiger charge is 2.39. The smallest absolute Gasteiger partial charge is 0.309 e. The number of hydrogen-bond donors (Lipinski definition) is 1. The van der Waals surface area contributed by atoms with Crippen molar-refractivity contribution in [2.45, 2.75) is 19.9 Å². The van der Waals surface area contributed by atoms with Crippen LogP contribution < -0.4 is 10.0 Å². The molecular formula is C17H19F2N3O2S. The third-order valence-electron chi connectivity index (χ3n) is 4.11. The van der Waals surface area contributed by atoms with Crippen LogP contribution in [0.5, 0.6) is 0 Å². The van der Waals surface area contributed by atoms with Gasteiger partial charge >= 0.3 is 10.2 Å². The lowest BCUT2D eigenvalue weighted by Crippen LogP contribution is -2.46. The Morgan fingerprint density at radius 2 is 1.84 bits per heavy atom. The van der Waals surface area contributed by atoms with E-state index in [0.29, 0.717) is 18.5 Å². The molecule has 0 bridgehead atoms. The number of halogens is 2. The van der Waals surface area contributed by atoms with Crippen LogP contribution in [0.15, 0.2) is 36.4 Å². The minimum absolute atomic E-state index is 0.145. The van der Waals surface area contributed by atoms with Crippen molar-refractivity contribution in [3.8, 4) is 0 Å². The number of para-hydroxylation sites is 1. The predicted molar refractivity (Wildman–Crippen MR) is 92.7 cm³/mol. The minimum Gasteiger partial charge on any atom is -0.330 e. The highest BCUT2D eigenvalue weighted by molar-refractivity contribution is 7.90. The van der Waals surface area contributed by atoms with Crippen molar-refractivity contribution >= 4 is 21.6 Å². The third-order valence-corrected chi connectivity index (χ3v) is 5.91. The van der Waals surface area contributed by atoms with Gasteiger partial charge in [0, 0.05) is 13.1 Å². The summed E-state index contributed by atoms with van der Waals surface area (Å²) in [6.45, 7) is 2.52. The van der Waals surface area contributed by atoms with E-state index in [4.69, 9.17) is 5.73 Å². The fourth-order valence-corrected chi connectivity index (χ4v) is 4.66. The number of rotatable bonds is 4. The van der Waals surface area contributed by atoms with Crippen LogP contribution in [0, 0.1) is 18.6 Å². The topological polar surface area (TPSA) is 66.6 Å². The highest BCUT2D eigenvalue weighted by atomic mass is 32.2. The molecule has 5 nitrogen and oxygen atoms in total. The zero-order valence-corrected chi connectivity index (χ0v) is 14.6. The van der Waals surface area contributed by atoms with Crippen LogP contribution in [0.3, 0.4) is 0 Å². The molecule has 1 heterocycles. The fourth-order valence-electron chi connectivity index (χ4n) is 2.93. The minimum atomic E-state index is -4.13. The second kappa shape index (κ2) is 6.70. The van der Waals surface area contributed by atoms with Crippen LogP contribution in [0.25, 0.3) is 0 Å². The Hall–Kier alpha value is -2.03.